The van der Waals surface area contributed by atoms with E-state index in [1.54, 1.807) is 0 Å². The maximum atomic E-state index is 12.4. The minimum atomic E-state index is -6.00. The fraction of sp³-hybridized carbons (Fsp3) is 0.0769. The highest BCUT2D eigenvalue weighted by molar-refractivity contribution is 7.99. The maximum Gasteiger partial charge on any atom is 0.673 e. The summed E-state index contributed by atoms with van der Waals surface area (Å²) in [6, 6.07) is 32.2. The van der Waals surface area contributed by atoms with Gasteiger partial charge in [-0.1, -0.05) is 48.5 Å². The minimum Gasteiger partial charge on any atom is -0.418 e. The van der Waals surface area contributed by atoms with Gasteiger partial charge in [-0.15, -0.1) is 0 Å². The molecular weight excluding hydrogens is 646 g/mol. The van der Waals surface area contributed by atoms with Gasteiger partial charge in [0.2, 0.25) is 0 Å². The molecule has 2 aliphatic heterocycles. The van der Waals surface area contributed by atoms with Crippen molar-refractivity contribution in [3.8, 4) is 0 Å². The van der Waals surface area contributed by atoms with Crippen LogP contribution in [0.25, 0.3) is 0 Å². The van der Waals surface area contributed by atoms with Crippen LogP contribution in [0.5, 0.6) is 0 Å². The number of benzene rings is 4. The molecule has 6 rings (SSSR count). The molecule has 0 atom stereocenters. The first-order chi connectivity index (χ1) is 19.6. The molecule has 0 aliphatic carbocycles. The molecule has 2 heterocycles. The van der Waals surface area contributed by atoms with Crippen molar-refractivity contribution in [3.63, 3.8) is 0 Å². The van der Waals surface area contributed by atoms with Gasteiger partial charge in [0.15, 0.2) is 19.6 Å². The zero-order valence-corrected chi connectivity index (χ0v) is 25.1. The molecule has 0 saturated carbocycles. The van der Waals surface area contributed by atoms with E-state index >= 15 is 0 Å². The summed E-state index contributed by atoms with van der Waals surface area (Å²) >= 11 is 0. The van der Waals surface area contributed by atoms with Crippen LogP contribution in [0.1, 0.15) is 0 Å². The van der Waals surface area contributed by atoms with Crippen molar-refractivity contribution in [3.05, 3.63) is 97.1 Å². The second-order valence-corrected chi connectivity index (χ2v) is 15.0. The lowest BCUT2D eigenvalue weighted by Crippen LogP contribution is -2.14. The van der Waals surface area contributed by atoms with E-state index < -0.39 is 36.1 Å². The maximum absolute atomic E-state index is 12.4. The van der Waals surface area contributed by atoms with Crippen molar-refractivity contribution in [2.45, 2.75) is 39.2 Å². The number of hydrogen-bond donors (Lipinski definition) is 0. The molecule has 0 N–H and O–H groups in total. The van der Waals surface area contributed by atoms with Crippen molar-refractivity contribution in [2.75, 3.05) is 12.5 Å². The van der Waals surface area contributed by atoms with E-state index in [9.17, 15) is 42.9 Å². The normalized spacial score (nSPS) is 19.9. The van der Waals surface area contributed by atoms with Gasteiger partial charge in [-0.25, -0.2) is 8.42 Å². The largest absolute Gasteiger partial charge is 0.673 e. The van der Waals surface area contributed by atoms with Gasteiger partial charge in [0, 0.05) is 0 Å². The molecule has 0 unspecified atom stereocenters. The van der Waals surface area contributed by atoms with E-state index in [2.05, 4.69) is 36.8 Å². The topological polar surface area (TPSA) is 34.1 Å². The molecule has 42 heavy (non-hydrogen) atoms. The molecule has 2 aliphatic rings. The quantitative estimate of drug-likeness (QED) is 0.108. The molecule has 16 heteroatoms. The van der Waals surface area contributed by atoms with E-state index in [4.69, 9.17) is 0 Å². The van der Waals surface area contributed by atoms with Crippen LogP contribution in [0.3, 0.4) is 0 Å². The Labute approximate surface area is 248 Å². The zero-order valence-electron chi connectivity index (χ0n) is 21.9. The van der Waals surface area contributed by atoms with Gasteiger partial charge >= 0.3 is 14.5 Å². The lowest BCUT2D eigenvalue weighted by molar-refractivity contribution is 0.366. The summed E-state index contributed by atoms with van der Waals surface area (Å²) in [5, 5.41) is 0. The second kappa shape index (κ2) is 14.3. The van der Waals surface area contributed by atoms with E-state index in [0.29, 0.717) is 0 Å². The standard InChI is InChI=1S/2C13H11OS2.2BF4/c2*1-15-10-6-2-4-8-12(10)16(14)13-9-5-3-7-11(13)15;2*2-1(3,4)5/h2*2-9H,1H3;;/q2*+1;2*-1. The van der Waals surface area contributed by atoms with E-state index in [0.717, 1.165) is 19.6 Å². The van der Waals surface area contributed by atoms with Crippen LogP contribution in [0.2, 0.25) is 0 Å². The van der Waals surface area contributed by atoms with Gasteiger partial charge in [0.05, 0.1) is 63.0 Å². The summed E-state index contributed by atoms with van der Waals surface area (Å²) in [6.45, 7) is 0. The Bertz CT molecular complexity index is 1360. The van der Waals surface area contributed by atoms with Gasteiger partial charge in [0.25, 0.3) is 0 Å². The second-order valence-electron chi connectivity index (χ2n) is 8.33. The first kappa shape index (κ1) is 33.9. The highest BCUT2D eigenvalue weighted by Crippen LogP contribution is 2.38. The molecule has 2 nitrogen and oxygen atoms in total. The number of rotatable bonds is 0. The molecule has 0 saturated heterocycles. The first-order valence-corrected chi connectivity index (χ1v) is 17.4. The van der Waals surface area contributed by atoms with E-state index in [1.165, 1.54) is 19.6 Å². The molecule has 224 valence electrons. The van der Waals surface area contributed by atoms with Gasteiger partial charge in [-0.2, -0.15) is 0 Å². The third-order valence-corrected chi connectivity index (χ3v) is 13.1. The summed E-state index contributed by atoms with van der Waals surface area (Å²) in [6.07, 6.45) is 4.40. The molecule has 0 aromatic heterocycles. The van der Waals surface area contributed by atoms with Crippen LogP contribution in [0.15, 0.2) is 136 Å². The Balaban J connectivity index is 0.000000176. The molecule has 0 radical (unpaired) electrons. The van der Waals surface area contributed by atoms with E-state index in [1.807, 2.05) is 72.8 Å². The van der Waals surface area contributed by atoms with Crippen molar-refractivity contribution < 1.29 is 42.9 Å². The van der Waals surface area contributed by atoms with Crippen LogP contribution in [0.4, 0.5) is 34.5 Å². The predicted molar refractivity (Wildman–Crippen MR) is 155 cm³/mol. The van der Waals surface area contributed by atoms with E-state index in [-0.39, 0.29) is 21.8 Å². The van der Waals surface area contributed by atoms with Gasteiger partial charge in [-0.05, 0) is 48.5 Å². The Hall–Kier alpha value is -2.55. The Morgan fingerprint density at radius 3 is 0.786 bits per heavy atom. The summed E-state index contributed by atoms with van der Waals surface area (Å²) in [5.41, 5.74) is 0. The molecule has 4 aromatic rings. The molecular formula is C26H22B2F8O2S4. The molecule has 0 fully saturated rings. The van der Waals surface area contributed by atoms with Crippen molar-refractivity contribution in [1.82, 2.24) is 0 Å². The average Bonchev–Trinajstić information content (AvgIpc) is 2.93. The monoisotopic (exact) mass is 668 g/mol. The Kier molecular flexibility index (Phi) is 11.5. The Morgan fingerprint density at radius 2 is 0.595 bits per heavy atom. The smallest absolute Gasteiger partial charge is 0.418 e. The van der Waals surface area contributed by atoms with Crippen LogP contribution in [-0.4, -0.2) is 35.4 Å². The average molecular weight is 668 g/mol. The fourth-order valence-corrected chi connectivity index (χ4v) is 11.7. The highest BCUT2D eigenvalue weighted by atomic mass is 32.2. The number of hydrogen-bond acceptors (Lipinski definition) is 2. The minimum absolute atomic E-state index is 0.0462. The van der Waals surface area contributed by atoms with Crippen molar-refractivity contribution in [2.24, 2.45) is 0 Å². The molecule has 0 amide bonds. The van der Waals surface area contributed by atoms with Crippen LogP contribution < -0.4 is 0 Å². The highest BCUT2D eigenvalue weighted by Gasteiger charge is 2.36. The van der Waals surface area contributed by atoms with Crippen LogP contribution >= 0.6 is 0 Å². The third kappa shape index (κ3) is 9.22. The van der Waals surface area contributed by atoms with Crippen molar-refractivity contribution in [1.29, 1.82) is 0 Å². The molecule has 0 bridgehead atoms. The lowest BCUT2D eigenvalue weighted by Gasteiger charge is -2.16. The summed E-state index contributed by atoms with van der Waals surface area (Å²) in [7, 11) is -13.9. The van der Waals surface area contributed by atoms with Gasteiger partial charge < -0.3 is 34.5 Å². The fourth-order valence-electron chi connectivity index (χ4n) is 3.90. The van der Waals surface area contributed by atoms with Crippen LogP contribution in [-0.2, 0) is 43.4 Å². The summed E-state index contributed by atoms with van der Waals surface area (Å²) in [5.74, 6) is 0. The summed E-state index contributed by atoms with van der Waals surface area (Å²) < 4.78 is 103. The van der Waals surface area contributed by atoms with Crippen LogP contribution in [0, 0.1) is 0 Å². The first-order valence-electron chi connectivity index (χ1n) is 11.8. The number of halogens is 8. The summed E-state index contributed by atoms with van der Waals surface area (Å²) in [4.78, 5) is 8.80. The number of fused-ring (bicyclic) bond motifs is 4. The molecule has 4 aromatic carbocycles. The predicted octanol–water partition coefficient (Wildman–Crippen LogP) is 8.27. The SMILES string of the molecule is C[S+]1c2ccccc2S(=O)c2ccccc21.C[S+]1c2ccccc2S(=O)c2ccccc21.F[B-](F)(F)F.F[B-](F)(F)F. The Morgan fingerprint density at radius 1 is 0.429 bits per heavy atom. The molecule has 0 spiro atoms. The lowest BCUT2D eigenvalue weighted by atomic mass is 10.3. The van der Waals surface area contributed by atoms with Gasteiger partial charge in [0.1, 0.15) is 12.5 Å². The zero-order chi connectivity index (χ0) is 31.2. The van der Waals surface area contributed by atoms with Crippen molar-refractivity contribution >= 4 is 57.9 Å². The third-order valence-electron chi connectivity index (χ3n) is 5.52. The van der Waals surface area contributed by atoms with Gasteiger partial charge in [-0.3, -0.25) is 0 Å².